The highest BCUT2D eigenvalue weighted by molar-refractivity contribution is 5.97. The Balaban J connectivity index is 3.24. The van der Waals surface area contributed by atoms with Gasteiger partial charge in [-0.15, -0.1) is 0 Å². The number of amides is 1. The molecule has 1 aromatic rings. The predicted octanol–water partition coefficient (Wildman–Crippen LogP) is 5.31. The van der Waals surface area contributed by atoms with Crippen LogP contribution in [-0.4, -0.2) is 17.1 Å². The summed E-state index contributed by atoms with van der Waals surface area (Å²) in [5.41, 5.74) is 1.34. The highest BCUT2D eigenvalue weighted by atomic mass is 16.3. The molecule has 0 spiro atoms. The fourth-order valence-corrected chi connectivity index (χ4v) is 2.94. The minimum Gasteiger partial charge on any atom is -0.392 e. The van der Waals surface area contributed by atoms with Gasteiger partial charge in [-0.2, -0.15) is 0 Å². The average molecular weight is 334 g/mol. The van der Waals surface area contributed by atoms with Gasteiger partial charge in [-0.1, -0.05) is 72.4 Å². The van der Waals surface area contributed by atoms with Crippen molar-refractivity contribution in [3.63, 3.8) is 0 Å². The van der Waals surface area contributed by atoms with E-state index in [-0.39, 0.29) is 18.6 Å². The zero-order valence-electron chi connectivity index (χ0n) is 16.1. The zero-order valence-corrected chi connectivity index (χ0v) is 16.1. The molecule has 0 bridgehead atoms. The van der Waals surface area contributed by atoms with Crippen LogP contribution >= 0.6 is 0 Å². The number of rotatable bonds is 9. The maximum absolute atomic E-state index is 13.2. The summed E-state index contributed by atoms with van der Waals surface area (Å²) in [6, 6.07) is 8.00. The van der Waals surface area contributed by atoms with Gasteiger partial charge in [0.25, 0.3) is 0 Å². The van der Waals surface area contributed by atoms with Crippen molar-refractivity contribution in [1.29, 1.82) is 0 Å². The van der Waals surface area contributed by atoms with Gasteiger partial charge in [0.05, 0.1) is 6.61 Å². The van der Waals surface area contributed by atoms with Gasteiger partial charge >= 0.3 is 0 Å². The number of carbonyl (C=O) groups is 1. The number of hydrogen-bond acceptors (Lipinski definition) is 2. The first-order chi connectivity index (χ1) is 11.3. The van der Waals surface area contributed by atoms with E-state index in [9.17, 15) is 9.90 Å². The number of aliphatic hydroxyl groups excluding tert-OH is 1. The molecule has 0 aliphatic heterocycles. The van der Waals surface area contributed by atoms with Gasteiger partial charge < -0.3 is 10.0 Å². The highest BCUT2D eigenvalue weighted by Gasteiger charge is 2.32. The molecule has 1 amide bonds. The third-order valence-electron chi connectivity index (χ3n) is 4.38. The molecular formula is C21H35NO2. The maximum Gasteiger partial charge on any atom is 0.232 e. The molecule has 0 atom stereocenters. The highest BCUT2D eigenvalue weighted by Crippen LogP contribution is 2.30. The van der Waals surface area contributed by atoms with Crippen molar-refractivity contribution < 1.29 is 9.90 Å². The molecule has 0 unspecified atom stereocenters. The third-order valence-corrected chi connectivity index (χ3v) is 4.38. The summed E-state index contributed by atoms with van der Waals surface area (Å²) in [6.07, 6.45) is 6.58. The fraction of sp³-hybridized carbons (Fsp3) is 0.667. The first kappa shape index (κ1) is 20.7. The molecule has 0 aliphatic carbocycles. The Bertz CT molecular complexity index is 497. The van der Waals surface area contributed by atoms with Crippen LogP contribution in [0.15, 0.2) is 24.3 Å². The van der Waals surface area contributed by atoms with Crippen LogP contribution in [-0.2, 0) is 11.4 Å². The topological polar surface area (TPSA) is 40.5 Å². The van der Waals surface area contributed by atoms with E-state index in [2.05, 4.69) is 13.8 Å². The van der Waals surface area contributed by atoms with E-state index in [0.29, 0.717) is 0 Å². The molecule has 0 aliphatic rings. The zero-order chi connectivity index (χ0) is 18.2. The predicted molar refractivity (Wildman–Crippen MR) is 102 cm³/mol. The average Bonchev–Trinajstić information content (AvgIpc) is 2.56. The van der Waals surface area contributed by atoms with E-state index in [1.807, 2.05) is 49.9 Å². The molecule has 0 radical (unpaired) electrons. The van der Waals surface area contributed by atoms with Crippen LogP contribution in [0.2, 0.25) is 0 Å². The van der Waals surface area contributed by atoms with Gasteiger partial charge in [-0.25, -0.2) is 0 Å². The molecule has 1 N–H and O–H groups in total. The smallest absolute Gasteiger partial charge is 0.232 e. The van der Waals surface area contributed by atoms with Crippen LogP contribution in [0.1, 0.15) is 78.7 Å². The Kier molecular flexibility index (Phi) is 8.47. The van der Waals surface area contributed by atoms with Crippen LogP contribution in [0, 0.1) is 5.41 Å². The Morgan fingerprint density at radius 2 is 1.71 bits per heavy atom. The number of nitrogens with zero attached hydrogens (tertiary/aromatic N) is 1. The molecule has 24 heavy (non-hydrogen) atoms. The lowest BCUT2D eigenvalue weighted by Crippen LogP contribution is -2.46. The number of anilines is 1. The monoisotopic (exact) mass is 333 g/mol. The second-order valence-electron chi connectivity index (χ2n) is 7.69. The second-order valence-corrected chi connectivity index (χ2v) is 7.69. The Morgan fingerprint density at radius 1 is 1.12 bits per heavy atom. The molecule has 3 heteroatoms. The van der Waals surface area contributed by atoms with E-state index in [1.165, 1.54) is 0 Å². The fourth-order valence-electron chi connectivity index (χ4n) is 2.94. The lowest BCUT2D eigenvalue weighted by Gasteiger charge is -2.37. The quantitative estimate of drug-likeness (QED) is 0.665. The van der Waals surface area contributed by atoms with Crippen molar-refractivity contribution in [1.82, 2.24) is 0 Å². The standard InChI is InChI=1S/C21H35NO2/c1-6-8-12-18(13-9-7-2)22(20(24)21(3,4)5)19-14-10-11-17(15-19)16-23/h10-11,14-15,18,23H,6-9,12-13,16H2,1-5H3. The Hall–Kier alpha value is -1.35. The molecule has 136 valence electrons. The third kappa shape index (κ3) is 5.94. The lowest BCUT2D eigenvalue weighted by molar-refractivity contribution is -0.126. The van der Waals surface area contributed by atoms with Gasteiger partial charge in [0, 0.05) is 17.1 Å². The van der Waals surface area contributed by atoms with Crippen LogP contribution in [0.4, 0.5) is 5.69 Å². The van der Waals surface area contributed by atoms with E-state index in [4.69, 9.17) is 0 Å². The van der Waals surface area contributed by atoms with Crippen LogP contribution < -0.4 is 4.90 Å². The minimum absolute atomic E-state index is 0.0000248. The number of aliphatic hydroxyl groups is 1. The van der Waals surface area contributed by atoms with Crippen molar-refractivity contribution >= 4 is 11.6 Å². The van der Waals surface area contributed by atoms with Gasteiger partial charge in [0.1, 0.15) is 0 Å². The second kappa shape index (κ2) is 9.83. The normalized spacial score (nSPS) is 11.8. The molecule has 0 saturated heterocycles. The van der Waals surface area contributed by atoms with Gasteiger partial charge in [-0.3, -0.25) is 4.79 Å². The van der Waals surface area contributed by atoms with E-state index in [1.54, 1.807) is 0 Å². The van der Waals surface area contributed by atoms with Crippen molar-refractivity contribution in [2.75, 3.05) is 4.90 Å². The lowest BCUT2D eigenvalue weighted by atomic mass is 9.91. The number of unbranched alkanes of at least 4 members (excludes halogenated alkanes) is 2. The van der Waals surface area contributed by atoms with Crippen LogP contribution in [0.5, 0.6) is 0 Å². The van der Waals surface area contributed by atoms with E-state index >= 15 is 0 Å². The Morgan fingerprint density at radius 3 is 2.17 bits per heavy atom. The Labute approximate surface area is 148 Å². The summed E-state index contributed by atoms with van der Waals surface area (Å²) in [5, 5.41) is 9.46. The molecule has 1 rings (SSSR count). The van der Waals surface area contributed by atoms with E-state index < -0.39 is 5.41 Å². The first-order valence-electron chi connectivity index (χ1n) is 9.38. The molecule has 0 saturated carbocycles. The van der Waals surface area contributed by atoms with Crippen molar-refractivity contribution in [2.45, 2.75) is 85.8 Å². The van der Waals surface area contributed by atoms with Crippen molar-refractivity contribution in [3.8, 4) is 0 Å². The van der Waals surface area contributed by atoms with Gasteiger partial charge in [-0.05, 0) is 30.5 Å². The number of benzene rings is 1. The van der Waals surface area contributed by atoms with Crippen LogP contribution in [0.25, 0.3) is 0 Å². The summed E-state index contributed by atoms with van der Waals surface area (Å²) in [6.45, 7) is 10.3. The minimum atomic E-state index is -0.425. The maximum atomic E-state index is 13.2. The SMILES string of the molecule is CCCCC(CCCC)N(C(=O)C(C)(C)C)c1cccc(CO)c1. The summed E-state index contributed by atoms with van der Waals surface area (Å²) < 4.78 is 0. The first-order valence-corrected chi connectivity index (χ1v) is 9.38. The van der Waals surface area contributed by atoms with Crippen molar-refractivity contribution in [2.24, 2.45) is 5.41 Å². The summed E-state index contributed by atoms with van der Waals surface area (Å²) in [5.74, 6) is 0.162. The molecule has 3 nitrogen and oxygen atoms in total. The molecule has 0 heterocycles. The number of hydrogen-bond donors (Lipinski definition) is 1. The number of carbonyl (C=O) groups excluding carboxylic acids is 1. The van der Waals surface area contributed by atoms with Crippen molar-refractivity contribution in [3.05, 3.63) is 29.8 Å². The largest absolute Gasteiger partial charge is 0.392 e. The van der Waals surface area contributed by atoms with Crippen LogP contribution in [0.3, 0.4) is 0 Å². The van der Waals surface area contributed by atoms with E-state index in [0.717, 1.165) is 49.8 Å². The summed E-state index contributed by atoms with van der Waals surface area (Å²) in [4.78, 5) is 15.2. The molecule has 0 aromatic heterocycles. The molecular weight excluding hydrogens is 298 g/mol. The molecule has 1 aromatic carbocycles. The summed E-state index contributed by atoms with van der Waals surface area (Å²) >= 11 is 0. The van der Waals surface area contributed by atoms with Gasteiger partial charge in [0.2, 0.25) is 5.91 Å². The molecule has 0 fully saturated rings. The van der Waals surface area contributed by atoms with Gasteiger partial charge in [0.15, 0.2) is 0 Å². The summed E-state index contributed by atoms with van der Waals surface area (Å²) in [7, 11) is 0.